The van der Waals surface area contributed by atoms with Gasteiger partial charge in [-0.2, -0.15) is 18.2 Å². The van der Waals surface area contributed by atoms with Gasteiger partial charge in [-0.15, -0.1) is 0 Å². The van der Waals surface area contributed by atoms with Crippen LogP contribution in [0, 0.1) is 5.82 Å². The predicted molar refractivity (Wildman–Crippen MR) is 151 cm³/mol. The number of fused-ring (bicyclic) bond motifs is 2. The maximum Gasteiger partial charge on any atom is 0.410 e. The molecule has 2 fully saturated rings. The normalized spacial score (nSPS) is 20.2. The summed E-state index contributed by atoms with van der Waals surface area (Å²) in [6, 6.07) is 10.5. The molecule has 2 aliphatic heterocycles. The summed E-state index contributed by atoms with van der Waals surface area (Å²) in [6.45, 7) is 5.89. The minimum absolute atomic E-state index is 0.186. The smallest absolute Gasteiger partial charge is 0.410 e. The molecule has 5 heterocycles. The lowest BCUT2D eigenvalue weighted by atomic mass is 10.0. The number of pyridine rings is 2. The van der Waals surface area contributed by atoms with Gasteiger partial charge in [-0.05, 0) is 57.5 Å². The zero-order valence-corrected chi connectivity index (χ0v) is 23.5. The molecule has 41 heavy (non-hydrogen) atoms. The number of rotatable bonds is 4. The number of benzene rings is 1. The Kier molecular flexibility index (Phi) is 6.53. The van der Waals surface area contributed by atoms with Crippen LogP contribution in [-0.2, 0) is 14.9 Å². The van der Waals surface area contributed by atoms with Crippen LogP contribution >= 0.6 is 0 Å². The first-order chi connectivity index (χ1) is 19.5. The first-order valence-electron chi connectivity index (χ1n) is 13.1. The summed E-state index contributed by atoms with van der Waals surface area (Å²) in [4.78, 5) is 23.1. The van der Waals surface area contributed by atoms with E-state index in [-0.39, 0.29) is 18.1 Å². The van der Waals surface area contributed by atoms with E-state index >= 15 is 0 Å². The molecule has 1 aromatic carbocycles. The highest BCUT2D eigenvalue weighted by molar-refractivity contribution is 7.91. The number of carbonyl (C=O) groups excluding carboxylic acids is 1. The van der Waals surface area contributed by atoms with Crippen molar-refractivity contribution >= 4 is 44.5 Å². The number of nitrogens with zero attached hydrogens (tertiary/aromatic N) is 6. The van der Waals surface area contributed by atoms with Gasteiger partial charge in [0.1, 0.15) is 23.1 Å². The third-order valence-corrected chi connectivity index (χ3v) is 8.43. The van der Waals surface area contributed by atoms with Crippen molar-refractivity contribution in [3.05, 3.63) is 66.9 Å². The van der Waals surface area contributed by atoms with E-state index in [4.69, 9.17) is 4.74 Å². The van der Waals surface area contributed by atoms with Crippen LogP contribution in [0.15, 0.2) is 61.1 Å². The second-order valence-corrected chi connectivity index (χ2v) is 12.6. The fourth-order valence-electron chi connectivity index (χ4n) is 5.05. The number of hydrogen-bond acceptors (Lipinski definition) is 8. The second kappa shape index (κ2) is 9.96. The number of nitrogens with one attached hydrogen (secondary N) is 2. The van der Waals surface area contributed by atoms with Crippen LogP contribution in [0.3, 0.4) is 0 Å². The lowest BCUT2D eigenvalue weighted by Gasteiger charge is -2.36. The van der Waals surface area contributed by atoms with E-state index in [1.165, 1.54) is 15.3 Å². The summed E-state index contributed by atoms with van der Waals surface area (Å²) in [6.07, 6.45) is 4.85. The average molecular weight is 581 g/mol. The van der Waals surface area contributed by atoms with E-state index in [9.17, 15) is 17.6 Å². The summed E-state index contributed by atoms with van der Waals surface area (Å²) >= 11 is 0. The Bertz CT molecular complexity index is 1730. The van der Waals surface area contributed by atoms with E-state index in [1.807, 2.05) is 0 Å². The average Bonchev–Trinajstić information content (AvgIpc) is 3.53. The van der Waals surface area contributed by atoms with Gasteiger partial charge in [0, 0.05) is 49.2 Å². The van der Waals surface area contributed by atoms with E-state index in [0.717, 1.165) is 0 Å². The number of anilines is 3. The molecule has 0 aliphatic carbocycles. The first-order valence-corrected chi connectivity index (χ1v) is 14.5. The molecule has 1 amide bonds. The summed E-state index contributed by atoms with van der Waals surface area (Å²) < 4.78 is 52.2. The highest BCUT2D eigenvalue weighted by atomic mass is 32.2. The predicted octanol–water partition coefficient (Wildman–Crippen LogP) is 3.73. The fraction of sp³-hybridized carbons (Fsp3) is 0.333. The van der Waals surface area contributed by atoms with E-state index in [1.54, 1.807) is 80.4 Å². The van der Waals surface area contributed by atoms with E-state index in [0.29, 0.717) is 35.4 Å². The van der Waals surface area contributed by atoms with Crippen molar-refractivity contribution in [3.63, 3.8) is 0 Å². The molecule has 2 unspecified atom stereocenters. The maximum atomic E-state index is 14.9. The molecule has 2 N–H and O–H groups in total. The number of hydrogen-bond donors (Lipinski definition) is 2. The van der Waals surface area contributed by atoms with Gasteiger partial charge in [0.05, 0.1) is 29.0 Å². The summed E-state index contributed by atoms with van der Waals surface area (Å²) in [7, 11) is -3.91. The summed E-state index contributed by atoms with van der Waals surface area (Å²) in [5.41, 5.74) is 0.627. The topological polar surface area (TPSA) is 135 Å². The Hall–Kier alpha value is -4.30. The van der Waals surface area contributed by atoms with Crippen LogP contribution in [-0.4, -0.2) is 69.9 Å². The molecule has 3 aromatic heterocycles. The molecule has 0 spiro atoms. The van der Waals surface area contributed by atoms with Gasteiger partial charge in [0.15, 0.2) is 0 Å². The summed E-state index contributed by atoms with van der Waals surface area (Å²) in [5.74, 6) is 0.105. The molecule has 2 saturated heterocycles. The Morgan fingerprint density at radius 3 is 2.76 bits per heavy atom. The molecule has 4 aromatic rings. The minimum Gasteiger partial charge on any atom is -0.444 e. The van der Waals surface area contributed by atoms with Crippen LogP contribution in [0.1, 0.15) is 27.2 Å². The van der Waals surface area contributed by atoms with Crippen molar-refractivity contribution in [2.75, 3.05) is 22.7 Å². The van der Waals surface area contributed by atoms with Crippen molar-refractivity contribution in [2.45, 2.75) is 44.9 Å². The number of ether oxygens (including phenoxy) is 1. The monoisotopic (exact) mass is 580 g/mol. The first kappa shape index (κ1) is 26.9. The molecular weight excluding hydrogens is 551 g/mol. The van der Waals surface area contributed by atoms with Crippen molar-refractivity contribution in [2.24, 2.45) is 0 Å². The molecule has 0 bridgehead atoms. The quantitative estimate of drug-likeness (QED) is 0.373. The Morgan fingerprint density at radius 2 is 2.02 bits per heavy atom. The van der Waals surface area contributed by atoms with Crippen LogP contribution < -0.4 is 14.3 Å². The second-order valence-electron chi connectivity index (χ2n) is 11.0. The minimum atomic E-state index is -3.91. The van der Waals surface area contributed by atoms with Gasteiger partial charge < -0.3 is 15.0 Å². The summed E-state index contributed by atoms with van der Waals surface area (Å²) in [5, 5.41) is 7.77. The standard InChI is InChI=1S/C27H29FN8O4S/c1-27(2,3)40-26(37)34-12-9-23-22(16-34)33-41(38,39)36(23)25-8-5-17-15-29-24(14-21(17)32-25)31-20-7-6-18(13-19(20)28)35-11-4-10-30-35/h4-8,10-11,13-15,22-23,33H,9,12,16H2,1-3H3,(H,29,31). The highest BCUT2D eigenvalue weighted by Crippen LogP contribution is 2.33. The number of amides is 1. The molecule has 14 heteroatoms. The number of carbonyl (C=O) groups is 1. The van der Waals surface area contributed by atoms with Crippen molar-refractivity contribution in [1.29, 1.82) is 0 Å². The van der Waals surface area contributed by atoms with Crippen LogP contribution in [0.2, 0.25) is 0 Å². The zero-order valence-electron chi connectivity index (χ0n) is 22.7. The highest BCUT2D eigenvalue weighted by Gasteiger charge is 2.49. The van der Waals surface area contributed by atoms with Crippen LogP contribution in [0.5, 0.6) is 0 Å². The number of piperidine rings is 1. The SMILES string of the molecule is CC(C)(C)OC(=O)N1CCC2C(C1)NS(=O)(=O)N2c1ccc2cnc(Nc3ccc(-n4cccn4)cc3F)cc2n1. The van der Waals surface area contributed by atoms with Gasteiger partial charge >= 0.3 is 16.3 Å². The van der Waals surface area contributed by atoms with Crippen molar-refractivity contribution in [1.82, 2.24) is 29.4 Å². The fourth-order valence-corrected chi connectivity index (χ4v) is 6.74. The maximum absolute atomic E-state index is 14.9. The Balaban J connectivity index is 1.23. The lowest BCUT2D eigenvalue weighted by Crippen LogP contribution is -2.53. The Morgan fingerprint density at radius 1 is 1.20 bits per heavy atom. The molecule has 2 aliphatic rings. The van der Waals surface area contributed by atoms with Crippen LogP contribution in [0.4, 0.5) is 26.5 Å². The molecule has 12 nitrogen and oxygen atoms in total. The zero-order chi connectivity index (χ0) is 28.9. The Labute approximate surface area is 236 Å². The third-order valence-electron chi connectivity index (χ3n) is 6.86. The van der Waals surface area contributed by atoms with Gasteiger partial charge in [-0.1, -0.05) is 0 Å². The molecule has 214 valence electrons. The number of halogens is 1. The third kappa shape index (κ3) is 5.39. The number of aromatic nitrogens is 4. The van der Waals surface area contributed by atoms with Gasteiger partial charge in [0.2, 0.25) is 0 Å². The molecule has 0 saturated carbocycles. The van der Waals surface area contributed by atoms with E-state index < -0.39 is 39.8 Å². The molecule has 6 rings (SSSR count). The molecule has 0 radical (unpaired) electrons. The van der Waals surface area contributed by atoms with Gasteiger partial charge in [-0.25, -0.2) is 28.1 Å². The number of likely N-dealkylation sites (tertiary alicyclic amines) is 1. The lowest BCUT2D eigenvalue weighted by molar-refractivity contribution is 0.0189. The van der Waals surface area contributed by atoms with E-state index in [2.05, 4.69) is 25.1 Å². The molecular formula is C27H29FN8O4S. The molecule has 2 atom stereocenters. The van der Waals surface area contributed by atoms with Crippen molar-refractivity contribution < 1.29 is 22.3 Å². The van der Waals surface area contributed by atoms with Crippen LogP contribution in [0.25, 0.3) is 16.6 Å². The van der Waals surface area contributed by atoms with Crippen molar-refractivity contribution in [3.8, 4) is 5.69 Å². The van der Waals surface area contributed by atoms with Gasteiger partial charge in [-0.3, -0.25) is 0 Å². The largest absolute Gasteiger partial charge is 0.444 e. The van der Waals surface area contributed by atoms with Gasteiger partial charge in [0.25, 0.3) is 0 Å².